The van der Waals surface area contributed by atoms with E-state index < -0.39 is 12.0 Å². The summed E-state index contributed by atoms with van der Waals surface area (Å²) in [6, 6.07) is 5.57. The highest BCUT2D eigenvalue weighted by Gasteiger charge is 2.22. The lowest BCUT2D eigenvalue weighted by Gasteiger charge is -2.18. The fourth-order valence-corrected chi connectivity index (χ4v) is 2.99. The second kappa shape index (κ2) is 8.83. The number of hydrogen-bond donors (Lipinski definition) is 1. The van der Waals surface area contributed by atoms with Crippen LogP contribution in [0.4, 0.5) is 0 Å². The number of esters is 1. The van der Waals surface area contributed by atoms with Gasteiger partial charge in [-0.05, 0) is 37.8 Å². The highest BCUT2D eigenvalue weighted by atomic mass is 32.2. The molecule has 0 spiro atoms. The molecule has 5 heteroatoms. The minimum atomic E-state index is -0.572. The normalized spacial score (nSPS) is 12.1. The molecule has 0 fully saturated rings. The molecule has 1 rings (SSSR count). The van der Waals surface area contributed by atoms with Gasteiger partial charge in [0.1, 0.15) is 6.04 Å². The van der Waals surface area contributed by atoms with Gasteiger partial charge in [-0.25, -0.2) is 4.79 Å². The summed E-state index contributed by atoms with van der Waals surface area (Å²) in [5.41, 5.74) is 2.36. The zero-order chi connectivity index (χ0) is 16.7. The van der Waals surface area contributed by atoms with Gasteiger partial charge >= 0.3 is 5.97 Å². The quantitative estimate of drug-likeness (QED) is 0.619. The van der Waals surface area contributed by atoms with Gasteiger partial charge in [-0.3, -0.25) is 4.79 Å². The first-order valence-electron chi connectivity index (χ1n) is 7.40. The molecule has 1 amide bonds. The lowest BCUT2D eigenvalue weighted by atomic mass is 10.0. The van der Waals surface area contributed by atoms with E-state index in [2.05, 4.69) is 11.4 Å². The molecule has 1 N–H and O–H groups in total. The summed E-state index contributed by atoms with van der Waals surface area (Å²) in [4.78, 5) is 24.9. The number of aryl methyl sites for hydroxylation is 2. The first kappa shape index (κ1) is 18.6. The number of carbonyl (C=O) groups excluding carboxylic acids is 2. The largest absolute Gasteiger partial charge is 0.467 e. The van der Waals surface area contributed by atoms with Crippen molar-refractivity contribution < 1.29 is 14.3 Å². The van der Waals surface area contributed by atoms with Crippen molar-refractivity contribution in [3.63, 3.8) is 0 Å². The van der Waals surface area contributed by atoms with E-state index in [9.17, 15) is 9.59 Å². The number of rotatable bonds is 7. The van der Waals surface area contributed by atoms with Crippen LogP contribution < -0.4 is 5.32 Å². The molecule has 0 aromatic heterocycles. The number of benzene rings is 1. The molecule has 1 aromatic carbocycles. The summed E-state index contributed by atoms with van der Waals surface area (Å²) in [7, 11) is 1.34. The molecule has 1 aromatic rings. The van der Waals surface area contributed by atoms with E-state index in [1.807, 2.05) is 39.8 Å². The van der Waals surface area contributed by atoms with Gasteiger partial charge in [0, 0.05) is 4.90 Å². The molecule has 4 nitrogen and oxygen atoms in total. The lowest BCUT2D eigenvalue weighted by molar-refractivity contribution is -0.145. The van der Waals surface area contributed by atoms with Gasteiger partial charge in [-0.15, -0.1) is 11.8 Å². The van der Waals surface area contributed by atoms with Crippen LogP contribution in [0, 0.1) is 19.8 Å². The summed E-state index contributed by atoms with van der Waals surface area (Å²) in [6.07, 6.45) is 0.576. The zero-order valence-corrected chi connectivity index (χ0v) is 14.8. The first-order valence-corrected chi connectivity index (χ1v) is 8.39. The molecule has 1 atom stereocenters. The van der Waals surface area contributed by atoms with Crippen molar-refractivity contribution in [3.05, 3.63) is 29.3 Å². The maximum absolute atomic E-state index is 12.1. The Balaban J connectivity index is 2.58. The van der Waals surface area contributed by atoms with Gasteiger partial charge in [0.05, 0.1) is 12.9 Å². The molecule has 0 aliphatic heterocycles. The van der Waals surface area contributed by atoms with Crippen molar-refractivity contribution in [2.24, 2.45) is 5.92 Å². The van der Waals surface area contributed by atoms with Crippen LogP contribution in [0.3, 0.4) is 0 Å². The van der Waals surface area contributed by atoms with Crippen LogP contribution in [0.5, 0.6) is 0 Å². The SMILES string of the molecule is COC(=O)[C@H](CC(C)C)NC(=O)CSc1ccc(C)cc1C. The molecular weight excluding hydrogens is 298 g/mol. The van der Waals surface area contributed by atoms with E-state index in [1.165, 1.54) is 24.4 Å². The summed E-state index contributed by atoms with van der Waals surface area (Å²) in [5.74, 6) is 0.0474. The van der Waals surface area contributed by atoms with Crippen LogP contribution in [-0.4, -0.2) is 30.8 Å². The summed E-state index contributed by atoms with van der Waals surface area (Å²) < 4.78 is 4.75. The van der Waals surface area contributed by atoms with Crippen LogP contribution in [0.2, 0.25) is 0 Å². The molecule has 0 saturated carbocycles. The van der Waals surface area contributed by atoms with Crippen molar-refractivity contribution >= 4 is 23.6 Å². The molecule has 0 heterocycles. The van der Waals surface area contributed by atoms with E-state index in [0.717, 1.165) is 10.5 Å². The Morgan fingerprint density at radius 3 is 2.50 bits per heavy atom. The number of amides is 1. The van der Waals surface area contributed by atoms with Crippen LogP contribution in [0.15, 0.2) is 23.1 Å². The minimum Gasteiger partial charge on any atom is -0.467 e. The Bertz CT molecular complexity index is 529. The van der Waals surface area contributed by atoms with Crippen molar-refractivity contribution in [2.45, 2.75) is 45.1 Å². The van der Waals surface area contributed by atoms with Crippen molar-refractivity contribution in [3.8, 4) is 0 Å². The van der Waals surface area contributed by atoms with Crippen LogP contribution in [0.25, 0.3) is 0 Å². The maximum Gasteiger partial charge on any atom is 0.328 e. The number of methoxy groups -OCH3 is 1. The highest BCUT2D eigenvalue weighted by Crippen LogP contribution is 2.23. The van der Waals surface area contributed by atoms with Gasteiger partial charge in [-0.1, -0.05) is 31.5 Å². The van der Waals surface area contributed by atoms with Crippen molar-refractivity contribution in [2.75, 3.05) is 12.9 Å². The number of nitrogens with one attached hydrogen (secondary N) is 1. The topological polar surface area (TPSA) is 55.4 Å². The summed E-state index contributed by atoms with van der Waals surface area (Å²) >= 11 is 1.48. The number of thioether (sulfide) groups is 1. The van der Waals surface area contributed by atoms with Gasteiger partial charge in [0.2, 0.25) is 5.91 Å². The van der Waals surface area contributed by atoms with Crippen LogP contribution >= 0.6 is 11.8 Å². The first-order chi connectivity index (χ1) is 10.3. The Hall–Kier alpha value is -1.49. The fourth-order valence-electron chi connectivity index (χ4n) is 2.17. The number of hydrogen-bond acceptors (Lipinski definition) is 4. The maximum atomic E-state index is 12.1. The third kappa shape index (κ3) is 6.10. The molecule has 0 aliphatic carbocycles. The van der Waals surface area contributed by atoms with Crippen LogP contribution in [-0.2, 0) is 14.3 Å². The van der Waals surface area contributed by atoms with Gasteiger partial charge in [0.25, 0.3) is 0 Å². The zero-order valence-electron chi connectivity index (χ0n) is 13.9. The Labute approximate surface area is 137 Å². The van der Waals surface area contributed by atoms with E-state index in [0.29, 0.717) is 12.3 Å². The van der Waals surface area contributed by atoms with E-state index in [1.54, 1.807) is 0 Å². The monoisotopic (exact) mass is 323 g/mol. The van der Waals surface area contributed by atoms with E-state index >= 15 is 0 Å². The fraction of sp³-hybridized carbons (Fsp3) is 0.529. The van der Waals surface area contributed by atoms with E-state index in [-0.39, 0.29) is 11.7 Å². The van der Waals surface area contributed by atoms with E-state index in [4.69, 9.17) is 4.74 Å². The average molecular weight is 323 g/mol. The molecule has 0 radical (unpaired) electrons. The summed E-state index contributed by atoms with van der Waals surface area (Å²) in [6.45, 7) is 8.09. The van der Waals surface area contributed by atoms with Crippen LogP contribution in [0.1, 0.15) is 31.4 Å². The summed E-state index contributed by atoms with van der Waals surface area (Å²) in [5, 5.41) is 2.77. The molecule has 0 unspecified atom stereocenters. The number of carbonyl (C=O) groups is 2. The molecular formula is C17H25NO3S. The lowest BCUT2D eigenvalue weighted by Crippen LogP contribution is -2.43. The highest BCUT2D eigenvalue weighted by molar-refractivity contribution is 8.00. The predicted molar refractivity (Wildman–Crippen MR) is 90.0 cm³/mol. The third-order valence-electron chi connectivity index (χ3n) is 3.22. The van der Waals surface area contributed by atoms with Gasteiger partial charge in [0.15, 0.2) is 0 Å². The minimum absolute atomic E-state index is 0.152. The smallest absolute Gasteiger partial charge is 0.328 e. The Morgan fingerprint density at radius 2 is 1.95 bits per heavy atom. The molecule has 0 aliphatic rings. The average Bonchev–Trinajstić information content (AvgIpc) is 2.44. The van der Waals surface area contributed by atoms with Crippen molar-refractivity contribution in [1.82, 2.24) is 5.32 Å². The van der Waals surface area contributed by atoms with Gasteiger partial charge in [-0.2, -0.15) is 0 Å². The predicted octanol–water partition coefficient (Wildman–Crippen LogP) is 3.10. The number of ether oxygens (including phenoxy) is 1. The molecule has 122 valence electrons. The molecule has 22 heavy (non-hydrogen) atoms. The Morgan fingerprint density at radius 1 is 1.27 bits per heavy atom. The second-order valence-electron chi connectivity index (χ2n) is 5.83. The third-order valence-corrected chi connectivity index (χ3v) is 4.39. The Kier molecular flexibility index (Phi) is 7.45. The second-order valence-corrected chi connectivity index (χ2v) is 6.85. The standard InChI is InChI=1S/C17H25NO3S/c1-11(2)8-14(17(20)21-5)18-16(19)10-22-15-7-6-12(3)9-13(15)4/h6-7,9,11,14H,8,10H2,1-5H3,(H,18,19)/t14-/m0/s1. The van der Waals surface area contributed by atoms with Crippen molar-refractivity contribution in [1.29, 1.82) is 0 Å². The molecule has 0 bridgehead atoms. The van der Waals surface area contributed by atoms with Gasteiger partial charge < -0.3 is 10.1 Å². The molecule has 0 saturated heterocycles.